The highest BCUT2D eigenvalue weighted by molar-refractivity contribution is 5.74. The summed E-state index contributed by atoms with van der Waals surface area (Å²) in [6, 6.07) is 11.0. The summed E-state index contributed by atoms with van der Waals surface area (Å²) in [5.74, 6) is 0.364. The number of rotatable bonds is 4. The molecule has 3 aliphatic heterocycles. The van der Waals surface area contributed by atoms with Crippen LogP contribution in [0.5, 0.6) is 0 Å². The fourth-order valence-corrected chi connectivity index (χ4v) is 4.52. The van der Waals surface area contributed by atoms with Gasteiger partial charge in [0.25, 0.3) is 0 Å². The van der Waals surface area contributed by atoms with Crippen molar-refractivity contribution in [2.45, 2.75) is 37.8 Å². The summed E-state index contributed by atoms with van der Waals surface area (Å²) in [4.78, 5) is 17.1. The summed E-state index contributed by atoms with van der Waals surface area (Å²) in [7, 11) is 0. The van der Waals surface area contributed by atoms with Crippen molar-refractivity contribution in [3.05, 3.63) is 35.9 Å². The maximum atomic E-state index is 12.6. The number of nitrogens with one attached hydrogen (secondary N) is 1. The quantitative estimate of drug-likeness (QED) is 0.914. The Hall–Kier alpha value is -1.59. The molecule has 0 unspecified atom stereocenters. The molecule has 0 bridgehead atoms. The van der Waals surface area contributed by atoms with E-state index in [1.807, 2.05) is 11.0 Å². The molecular weight excluding hydrogens is 314 g/mol. The van der Waals surface area contributed by atoms with E-state index in [0.717, 1.165) is 32.5 Å². The second-order valence-corrected chi connectivity index (χ2v) is 7.57. The number of hydrogen-bond donors (Lipinski definition) is 1. The number of ether oxygens (including phenoxy) is 1. The lowest BCUT2D eigenvalue weighted by Gasteiger charge is -2.24. The summed E-state index contributed by atoms with van der Waals surface area (Å²) in [6.07, 6.45) is 4.86. The van der Waals surface area contributed by atoms with E-state index in [2.05, 4.69) is 34.5 Å². The summed E-state index contributed by atoms with van der Waals surface area (Å²) in [5, 5.41) is 3.17. The van der Waals surface area contributed by atoms with Crippen LogP contribution >= 0.6 is 0 Å². The Labute approximate surface area is 150 Å². The van der Waals surface area contributed by atoms with E-state index in [1.165, 1.54) is 31.5 Å². The van der Waals surface area contributed by atoms with Crippen molar-refractivity contribution >= 4 is 6.03 Å². The van der Waals surface area contributed by atoms with E-state index in [-0.39, 0.29) is 12.1 Å². The van der Waals surface area contributed by atoms with Crippen LogP contribution in [0.4, 0.5) is 4.79 Å². The second-order valence-electron chi connectivity index (χ2n) is 7.57. The monoisotopic (exact) mass is 343 g/mol. The number of carbonyl (C=O) groups is 1. The van der Waals surface area contributed by atoms with E-state index in [9.17, 15) is 4.79 Å². The number of hydrogen-bond acceptors (Lipinski definition) is 3. The zero-order chi connectivity index (χ0) is 17.1. The van der Waals surface area contributed by atoms with Gasteiger partial charge in [-0.25, -0.2) is 4.79 Å². The molecule has 2 amide bonds. The van der Waals surface area contributed by atoms with E-state index in [0.29, 0.717) is 18.5 Å². The van der Waals surface area contributed by atoms with Crippen LogP contribution in [0.1, 0.15) is 37.4 Å². The third kappa shape index (κ3) is 3.82. The zero-order valence-corrected chi connectivity index (χ0v) is 14.9. The predicted molar refractivity (Wildman–Crippen MR) is 97.4 cm³/mol. The molecule has 136 valence electrons. The van der Waals surface area contributed by atoms with Gasteiger partial charge in [0, 0.05) is 38.2 Å². The standard InChI is InChI=1S/C20H29N3O2/c24-20(23-12-8-18(15-23)22-10-4-5-11-22)21-14-17-9-13-25-19(17)16-6-2-1-3-7-16/h1-3,6-7,17-19H,4-5,8-15H2,(H,21,24)/t17-,18+,19-/m0/s1. The smallest absolute Gasteiger partial charge is 0.317 e. The lowest BCUT2D eigenvalue weighted by Crippen LogP contribution is -2.43. The first-order valence-corrected chi connectivity index (χ1v) is 9.74. The van der Waals surface area contributed by atoms with Gasteiger partial charge in [0.15, 0.2) is 0 Å². The van der Waals surface area contributed by atoms with Gasteiger partial charge in [-0.2, -0.15) is 0 Å². The van der Waals surface area contributed by atoms with Crippen molar-refractivity contribution in [3.8, 4) is 0 Å². The largest absolute Gasteiger partial charge is 0.373 e. The van der Waals surface area contributed by atoms with Gasteiger partial charge in [-0.3, -0.25) is 4.90 Å². The molecule has 5 heteroatoms. The third-order valence-corrected chi connectivity index (χ3v) is 5.97. The molecule has 0 saturated carbocycles. The SMILES string of the molecule is O=C(NC[C@@H]1CCO[C@H]1c1ccccc1)N1CC[C@@H](N2CCCC2)C1. The molecule has 3 heterocycles. The summed E-state index contributed by atoms with van der Waals surface area (Å²) in [6.45, 7) is 5.66. The molecule has 3 atom stereocenters. The fourth-order valence-electron chi connectivity index (χ4n) is 4.52. The van der Waals surface area contributed by atoms with Crippen LogP contribution in [0.2, 0.25) is 0 Å². The molecule has 0 aliphatic carbocycles. The Bertz CT molecular complexity index is 574. The first kappa shape index (κ1) is 16.9. The molecule has 3 fully saturated rings. The minimum atomic E-state index is 0.0976. The third-order valence-electron chi connectivity index (χ3n) is 5.97. The molecule has 25 heavy (non-hydrogen) atoms. The highest BCUT2D eigenvalue weighted by atomic mass is 16.5. The number of nitrogens with zero attached hydrogens (tertiary/aromatic N) is 2. The predicted octanol–water partition coefficient (Wildman–Crippen LogP) is 2.64. The lowest BCUT2D eigenvalue weighted by atomic mass is 9.95. The van der Waals surface area contributed by atoms with Crippen LogP contribution < -0.4 is 5.32 Å². The van der Waals surface area contributed by atoms with Crippen molar-refractivity contribution < 1.29 is 9.53 Å². The van der Waals surface area contributed by atoms with Crippen molar-refractivity contribution in [3.63, 3.8) is 0 Å². The molecule has 0 spiro atoms. The second kappa shape index (κ2) is 7.75. The van der Waals surface area contributed by atoms with E-state index in [4.69, 9.17) is 4.74 Å². The van der Waals surface area contributed by atoms with Gasteiger partial charge in [-0.15, -0.1) is 0 Å². The highest BCUT2D eigenvalue weighted by Crippen LogP contribution is 2.34. The van der Waals surface area contributed by atoms with Gasteiger partial charge in [0.05, 0.1) is 6.10 Å². The molecule has 5 nitrogen and oxygen atoms in total. The molecule has 1 aromatic rings. The fraction of sp³-hybridized carbons (Fsp3) is 0.650. The minimum Gasteiger partial charge on any atom is -0.373 e. The molecule has 3 saturated heterocycles. The first-order valence-electron chi connectivity index (χ1n) is 9.74. The van der Waals surface area contributed by atoms with Crippen molar-refractivity contribution in [2.24, 2.45) is 5.92 Å². The van der Waals surface area contributed by atoms with Gasteiger partial charge >= 0.3 is 6.03 Å². The van der Waals surface area contributed by atoms with Crippen molar-refractivity contribution in [2.75, 3.05) is 39.3 Å². The molecule has 4 rings (SSSR count). The van der Waals surface area contributed by atoms with Crippen LogP contribution in [0.15, 0.2) is 30.3 Å². The Morgan fingerprint density at radius 3 is 2.72 bits per heavy atom. The van der Waals surface area contributed by atoms with Crippen LogP contribution in [-0.2, 0) is 4.74 Å². The van der Waals surface area contributed by atoms with Crippen LogP contribution in [0.25, 0.3) is 0 Å². The zero-order valence-electron chi connectivity index (χ0n) is 14.9. The maximum absolute atomic E-state index is 12.6. The molecule has 0 aromatic heterocycles. The Balaban J connectivity index is 1.27. The van der Waals surface area contributed by atoms with Crippen LogP contribution in [-0.4, -0.2) is 61.2 Å². The van der Waals surface area contributed by atoms with E-state index >= 15 is 0 Å². The number of urea groups is 1. The molecule has 0 radical (unpaired) electrons. The molecular formula is C20H29N3O2. The van der Waals surface area contributed by atoms with Crippen molar-refractivity contribution in [1.29, 1.82) is 0 Å². The van der Waals surface area contributed by atoms with E-state index < -0.39 is 0 Å². The topological polar surface area (TPSA) is 44.8 Å². The van der Waals surface area contributed by atoms with Gasteiger partial charge in [-0.05, 0) is 44.3 Å². The molecule has 3 aliphatic rings. The number of amides is 2. The van der Waals surface area contributed by atoms with Crippen molar-refractivity contribution in [1.82, 2.24) is 15.1 Å². The highest BCUT2D eigenvalue weighted by Gasteiger charge is 2.33. The normalized spacial score (nSPS) is 30.1. The van der Waals surface area contributed by atoms with Crippen LogP contribution in [0, 0.1) is 5.92 Å². The summed E-state index contributed by atoms with van der Waals surface area (Å²) < 4.78 is 5.92. The van der Waals surface area contributed by atoms with Gasteiger partial charge in [-0.1, -0.05) is 30.3 Å². The Morgan fingerprint density at radius 1 is 1.12 bits per heavy atom. The summed E-state index contributed by atoms with van der Waals surface area (Å²) >= 11 is 0. The number of carbonyl (C=O) groups excluding carboxylic acids is 1. The lowest BCUT2D eigenvalue weighted by molar-refractivity contribution is 0.0905. The average molecular weight is 343 g/mol. The van der Waals surface area contributed by atoms with Gasteiger partial charge in [0.2, 0.25) is 0 Å². The Kier molecular flexibility index (Phi) is 5.22. The minimum absolute atomic E-state index is 0.0976. The number of benzene rings is 1. The molecule has 1 N–H and O–H groups in total. The van der Waals surface area contributed by atoms with Gasteiger partial charge in [0.1, 0.15) is 0 Å². The summed E-state index contributed by atoms with van der Waals surface area (Å²) in [5.41, 5.74) is 1.22. The van der Waals surface area contributed by atoms with Crippen LogP contribution in [0.3, 0.4) is 0 Å². The first-order chi connectivity index (χ1) is 12.3. The van der Waals surface area contributed by atoms with Gasteiger partial charge < -0.3 is 15.0 Å². The Morgan fingerprint density at radius 2 is 1.92 bits per heavy atom. The average Bonchev–Trinajstić information content (AvgIpc) is 3.41. The maximum Gasteiger partial charge on any atom is 0.317 e. The molecule has 1 aromatic carbocycles. The number of likely N-dealkylation sites (tertiary alicyclic amines) is 2. The van der Waals surface area contributed by atoms with E-state index in [1.54, 1.807) is 0 Å².